The van der Waals surface area contributed by atoms with Crippen LogP contribution in [0.5, 0.6) is 0 Å². The molecule has 0 saturated carbocycles. The molecule has 0 aliphatic heterocycles. The Morgan fingerprint density at radius 3 is 3.11 bits per heavy atom. The Balaban J connectivity index is 2.05. The molecule has 1 aliphatic carbocycles. The zero-order valence-corrected chi connectivity index (χ0v) is 11.5. The fourth-order valence-electron chi connectivity index (χ4n) is 2.06. The Bertz CT molecular complexity index is 626. The molecule has 2 heterocycles. The molecule has 1 aliphatic rings. The third-order valence-corrected chi connectivity index (χ3v) is 4.64. The van der Waals surface area contributed by atoms with Gasteiger partial charge in [-0.25, -0.2) is 9.97 Å². The normalized spacial score (nSPS) is 14.6. The monoisotopic (exact) mass is 293 g/mol. The van der Waals surface area contributed by atoms with Crippen LogP contribution in [0.3, 0.4) is 0 Å². The van der Waals surface area contributed by atoms with Crippen molar-refractivity contribution in [2.75, 3.05) is 0 Å². The number of aryl methyl sites for hydroxylation is 2. The van der Waals surface area contributed by atoms with Gasteiger partial charge in [0.1, 0.15) is 11.4 Å². The van der Waals surface area contributed by atoms with E-state index in [0.29, 0.717) is 10.6 Å². The molecule has 8 heteroatoms. The first-order chi connectivity index (χ1) is 9.28. The second kappa shape index (κ2) is 5.14. The van der Waals surface area contributed by atoms with Crippen LogP contribution in [0.25, 0.3) is 0 Å². The minimum Gasteiger partial charge on any atom is -0.409 e. The van der Waals surface area contributed by atoms with Gasteiger partial charge in [-0.3, -0.25) is 0 Å². The summed E-state index contributed by atoms with van der Waals surface area (Å²) in [4.78, 5) is 8.75. The van der Waals surface area contributed by atoms with Crippen LogP contribution in [-0.2, 0) is 12.8 Å². The van der Waals surface area contributed by atoms with E-state index >= 15 is 0 Å². The van der Waals surface area contributed by atoms with Crippen molar-refractivity contribution in [3.8, 4) is 0 Å². The third kappa shape index (κ3) is 2.41. The van der Waals surface area contributed by atoms with Gasteiger partial charge >= 0.3 is 0 Å². The lowest BCUT2D eigenvalue weighted by Gasteiger charge is -2.08. The Kier molecular flexibility index (Phi) is 3.34. The lowest BCUT2D eigenvalue weighted by Crippen LogP contribution is -2.16. The van der Waals surface area contributed by atoms with Crippen molar-refractivity contribution in [2.45, 2.75) is 28.6 Å². The van der Waals surface area contributed by atoms with Gasteiger partial charge in [0.2, 0.25) is 0 Å². The van der Waals surface area contributed by atoms with Gasteiger partial charge in [-0.1, -0.05) is 5.16 Å². The van der Waals surface area contributed by atoms with Crippen LogP contribution in [0, 0.1) is 0 Å². The van der Waals surface area contributed by atoms with Crippen molar-refractivity contribution in [1.82, 2.24) is 14.3 Å². The number of hydrogen-bond acceptors (Lipinski definition) is 7. The number of pyridine rings is 1. The smallest absolute Gasteiger partial charge is 0.176 e. The van der Waals surface area contributed by atoms with Crippen molar-refractivity contribution >= 4 is 29.1 Å². The Morgan fingerprint density at radius 1 is 1.47 bits per heavy atom. The lowest BCUT2D eigenvalue weighted by molar-refractivity contribution is 0.318. The first kappa shape index (κ1) is 12.4. The lowest BCUT2D eigenvalue weighted by atomic mass is 10.1. The van der Waals surface area contributed by atoms with E-state index in [2.05, 4.69) is 19.5 Å². The van der Waals surface area contributed by atoms with E-state index < -0.39 is 0 Å². The molecule has 0 spiro atoms. The molecule has 19 heavy (non-hydrogen) atoms. The summed E-state index contributed by atoms with van der Waals surface area (Å²) in [5.41, 5.74) is 8.67. The maximum atomic E-state index is 8.89. The number of nitrogens with zero attached hydrogens (tertiary/aromatic N) is 4. The zero-order chi connectivity index (χ0) is 13.2. The molecule has 3 rings (SSSR count). The summed E-state index contributed by atoms with van der Waals surface area (Å²) in [6, 6.07) is 1.97. The molecule has 0 radical (unpaired) electrons. The number of hydrogen-bond donors (Lipinski definition) is 2. The van der Waals surface area contributed by atoms with Gasteiger partial charge < -0.3 is 10.9 Å². The molecule has 0 saturated heterocycles. The summed E-state index contributed by atoms with van der Waals surface area (Å²) in [6.07, 6.45) is 4.58. The Labute approximate surface area is 117 Å². The fourth-order valence-corrected chi connectivity index (χ4v) is 3.55. The molecule has 3 N–H and O–H groups in total. The minimum atomic E-state index is 0.0780. The fraction of sp³-hybridized carbons (Fsp3) is 0.273. The minimum absolute atomic E-state index is 0.0780. The summed E-state index contributed by atoms with van der Waals surface area (Å²) in [7, 11) is 0. The first-order valence-electron chi connectivity index (χ1n) is 5.73. The van der Waals surface area contributed by atoms with Crippen molar-refractivity contribution in [3.63, 3.8) is 0 Å². The average molecular weight is 293 g/mol. The molecule has 2 aromatic rings. The van der Waals surface area contributed by atoms with Gasteiger partial charge in [0, 0.05) is 5.69 Å². The quantitative estimate of drug-likeness (QED) is 0.387. The topological polar surface area (TPSA) is 97.3 Å². The Hall–Kier alpha value is -1.67. The van der Waals surface area contributed by atoms with E-state index in [1.165, 1.54) is 35.2 Å². The van der Waals surface area contributed by atoms with E-state index in [1.54, 1.807) is 0 Å². The van der Waals surface area contributed by atoms with E-state index in [0.717, 1.165) is 29.3 Å². The summed E-state index contributed by atoms with van der Waals surface area (Å²) in [6.45, 7) is 0. The van der Waals surface area contributed by atoms with Crippen LogP contribution in [0.1, 0.15) is 23.2 Å². The van der Waals surface area contributed by atoms with Gasteiger partial charge in [0.05, 0.1) is 5.56 Å². The summed E-state index contributed by atoms with van der Waals surface area (Å²) in [5.74, 6) is 0.0780. The number of amidine groups is 1. The SMILES string of the molecule is NC(=NO)c1cc2c(nc1Sc1ncns1)CCC2. The number of aromatic nitrogens is 3. The number of nitrogens with two attached hydrogens (primary N) is 1. The molecule has 2 aromatic heterocycles. The molecule has 6 nitrogen and oxygen atoms in total. The highest BCUT2D eigenvalue weighted by Crippen LogP contribution is 2.32. The maximum Gasteiger partial charge on any atom is 0.176 e. The van der Waals surface area contributed by atoms with Crippen LogP contribution in [0.4, 0.5) is 0 Å². The summed E-state index contributed by atoms with van der Waals surface area (Å²) >= 11 is 2.69. The molecule has 0 unspecified atom stereocenters. The molecule has 0 fully saturated rings. The maximum absolute atomic E-state index is 8.89. The molecular formula is C11H11N5OS2. The predicted octanol–water partition coefficient (Wildman–Crippen LogP) is 1.67. The van der Waals surface area contributed by atoms with E-state index in [4.69, 9.17) is 10.9 Å². The van der Waals surface area contributed by atoms with Gasteiger partial charge in [-0.2, -0.15) is 4.37 Å². The average Bonchev–Trinajstić information content (AvgIpc) is 3.07. The standard InChI is InChI=1S/C11H11N5OS2/c12-9(16-17)7-4-6-2-1-3-8(6)15-10(7)18-11-13-5-14-19-11/h4-5,17H,1-3H2,(H2,12,16). The highest BCUT2D eigenvalue weighted by Gasteiger charge is 2.19. The first-order valence-corrected chi connectivity index (χ1v) is 7.32. The largest absolute Gasteiger partial charge is 0.409 e. The highest BCUT2D eigenvalue weighted by molar-refractivity contribution is 8.01. The second-order valence-electron chi connectivity index (χ2n) is 4.09. The van der Waals surface area contributed by atoms with Crippen LogP contribution >= 0.6 is 23.3 Å². The molecule has 0 atom stereocenters. The van der Waals surface area contributed by atoms with E-state index in [-0.39, 0.29) is 5.84 Å². The van der Waals surface area contributed by atoms with Gasteiger partial charge in [0.15, 0.2) is 10.2 Å². The molecule has 0 bridgehead atoms. The predicted molar refractivity (Wildman–Crippen MR) is 72.8 cm³/mol. The van der Waals surface area contributed by atoms with Crippen molar-refractivity contribution in [3.05, 3.63) is 29.2 Å². The van der Waals surface area contributed by atoms with Crippen LogP contribution in [0.2, 0.25) is 0 Å². The summed E-state index contributed by atoms with van der Waals surface area (Å²) < 4.78 is 4.75. The summed E-state index contributed by atoms with van der Waals surface area (Å²) in [5, 5.41) is 12.7. The van der Waals surface area contributed by atoms with E-state index in [9.17, 15) is 0 Å². The molecule has 98 valence electrons. The van der Waals surface area contributed by atoms with Crippen molar-refractivity contribution in [2.24, 2.45) is 10.9 Å². The molecule has 0 aromatic carbocycles. The second-order valence-corrected chi connectivity index (χ2v) is 6.11. The zero-order valence-electron chi connectivity index (χ0n) is 9.91. The Morgan fingerprint density at radius 2 is 2.37 bits per heavy atom. The van der Waals surface area contributed by atoms with Crippen LogP contribution < -0.4 is 5.73 Å². The van der Waals surface area contributed by atoms with Crippen LogP contribution in [0.15, 0.2) is 26.9 Å². The highest BCUT2D eigenvalue weighted by atomic mass is 32.2. The van der Waals surface area contributed by atoms with Crippen molar-refractivity contribution < 1.29 is 5.21 Å². The van der Waals surface area contributed by atoms with Crippen molar-refractivity contribution in [1.29, 1.82) is 0 Å². The third-order valence-electron chi connectivity index (χ3n) is 2.92. The van der Waals surface area contributed by atoms with Gasteiger partial charge in [-0.15, -0.1) is 0 Å². The van der Waals surface area contributed by atoms with Crippen LogP contribution in [-0.4, -0.2) is 25.4 Å². The molecular weight excluding hydrogens is 282 g/mol. The molecule has 0 amide bonds. The van der Waals surface area contributed by atoms with Gasteiger partial charge in [-0.05, 0) is 54.2 Å². The number of oxime groups is 1. The number of rotatable bonds is 3. The number of fused-ring (bicyclic) bond motifs is 1. The van der Waals surface area contributed by atoms with Gasteiger partial charge in [0.25, 0.3) is 0 Å². The van der Waals surface area contributed by atoms with E-state index in [1.807, 2.05) is 6.07 Å².